The van der Waals surface area contributed by atoms with Crippen molar-refractivity contribution in [1.29, 1.82) is 0 Å². The summed E-state index contributed by atoms with van der Waals surface area (Å²) in [6.07, 6.45) is 7.99. The van der Waals surface area contributed by atoms with Crippen LogP contribution in [-0.2, 0) is 0 Å². The first-order chi connectivity index (χ1) is 8.16. The predicted molar refractivity (Wildman–Crippen MR) is 72.0 cm³/mol. The van der Waals surface area contributed by atoms with Gasteiger partial charge in [0.2, 0.25) is 0 Å². The minimum Gasteiger partial charge on any atom is -0.296 e. The Bertz CT molecular complexity index is 360. The molecule has 1 atom stereocenters. The van der Waals surface area contributed by atoms with Gasteiger partial charge in [0.05, 0.1) is 0 Å². The Labute approximate surface area is 105 Å². The van der Waals surface area contributed by atoms with E-state index in [9.17, 15) is 0 Å². The Kier molecular flexibility index (Phi) is 4.16. The van der Waals surface area contributed by atoms with Gasteiger partial charge in [-0.05, 0) is 43.4 Å². The van der Waals surface area contributed by atoms with Crippen molar-refractivity contribution in [2.45, 2.75) is 46.1 Å². The Balaban J connectivity index is 2.15. The highest BCUT2D eigenvalue weighted by atomic mass is 15.2. The summed E-state index contributed by atoms with van der Waals surface area (Å²) in [5, 5.41) is 0. The van der Waals surface area contributed by atoms with Crippen molar-refractivity contribution in [3.05, 3.63) is 29.6 Å². The molecule has 2 heteroatoms. The molecular formula is C15H24N2. The number of rotatable bonds is 3. The minimum atomic E-state index is 0.596. The maximum atomic E-state index is 4.35. The number of aromatic nitrogens is 1. The van der Waals surface area contributed by atoms with Crippen LogP contribution in [0.25, 0.3) is 0 Å². The normalized spacial score (nSPS) is 22.0. The summed E-state index contributed by atoms with van der Waals surface area (Å²) in [6, 6.07) is 2.90. The molecule has 2 nitrogen and oxygen atoms in total. The van der Waals surface area contributed by atoms with Crippen LogP contribution in [0.5, 0.6) is 0 Å². The first-order valence-electron chi connectivity index (χ1n) is 6.82. The summed E-state index contributed by atoms with van der Waals surface area (Å²) < 4.78 is 0. The summed E-state index contributed by atoms with van der Waals surface area (Å²) >= 11 is 0. The highest BCUT2D eigenvalue weighted by molar-refractivity contribution is 5.20. The summed E-state index contributed by atoms with van der Waals surface area (Å²) in [5.74, 6) is 0.744. The molecule has 0 bridgehead atoms. The zero-order valence-corrected chi connectivity index (χ0v) is 11.3. The van der Waals surface area contributed by atoms with E-state index in [0.29, 0.717) is 6.04 Å². The molecule has 0 aliphatic carbocycles. The molecule has 94 valence electrons. The van der Waals surface area contributed by atoms with Crippen molar-refractivity contribution in [3.63, 3.8) is 0 Å². The van der Waals surface area contributed by atoms with Gasteiger partial charge in [-0.1, -0.05) is 26.3 Å². The number of aryl methyl sites for hydroxylation is 1. The van der Waals surface area contributed by atoms with Crippen molar-refractivity contribution in [3.8, 4) is 0 Å². The average molecular weight is 232 g/mol. The average Bonchev–Trinajstić information content (AvgIpc) is 2.29. The molecule has 0 aromatic carbocycles. The predicted octanol–water partition coefficient (Wildman–Crippen LogP) is 3.57. The second-order valence-electron chi connectivity index (χ2n) is 5.70. The highest BCUT2D eigenvalue weighted by Crippen LogP contribution is 2.31. The van der Waals surface area contributed by atoms with Crippen molar-refractivity contribution in [2.75, 3.05) is 13.1 Å². The van der Waals surface area contributed by atoms with Crippen LogP contribution in [0, 0.1) is 12.8 Å². The number of likely N-dealkylation sites (tertiary alicyclic amines) is 1. The first-order valence-corrected chi connectivity index (χ1v) is 6.82. The van der Waals surface area contributed by atoms with Crippen LogP contribution in [0.2, 0.25) is 0 Å². The van der Waals surface area contributed by atoms with Crippen LogP contribution < -0.4 is 0 Å². The lowest BCUT2D eigenvalue weighted by atomic mass is 9.95. The molecule has 1 aromatic heterocycles. The molecule has 1 aliphatic heterocycles. The maximum Gasteiger partial charge on any atom is 0.0363 e. The van der Waals surface area contributed by atoms with E-state index >= 15 is 0 Å². The fourth-order valence-electron chi connectivity index (χ4n) is 2.82. The van der Waals surface area contributed by atoms with Gasteiger partial charge in [0.15, 0.2) is 0 Å². The molecular weight excluding hydrogens is 208 g/mol. The van der Waals surface area contributed by atoms with E-state index in [0.717, 1.165) is 5.92 Å². The Morgan fingerprint density at radius 2 is 2.18 bits per heavy atom. The second kappa shape index (κ2) is 5.63. The molecule has 1 unspecified atom stereocenters. The van der Waals surface area contributed by atoms with Gasteiger partial charge in [0, 0.05) is 25.0 Å². The molecule has 0 spiro atoms. The zero-order chi connectivity index (χ0) is 12.3. The van der Waals surface area contributed by atoms with E-state index in [1.165, 1.54) is 43.5 Å². The quantitative estimate of drug-likeness (QED) is 0.792. The largest absolute Gasteiger partial charge is 0.296 e. The van der Waals surface area contributed by atoms with Gasteiger partial charge in [0.25, 0.3) is 0 Å². The number of nitrogens with zero attached hydrogens (tertiary/aromatic N) is 2. The van der Waals surface area contributed by atoms with E-state index in [2.05, 4.69) is 42.9 Å². The van der Waals surface area contributed by atoms with E-state index in [4.69, 9.17) is 0 Å². The number of hydrogen-bond donors (Lipinski definition) is 0. The lowest BCUT2D eigenvalue weighted by Crippen LogP contribution is -2.36. The topological polar surface area (TPSA) is 16.1 Å². The van der Waals surface area contributed by atoms with E-state index in [1.54, 1.807) is 0 Å². The molecule has 17 heavy (non-hydrogen) atoms. The summed E-state index contributed by atoms with van der Waals surface area (Å²) in [6.45, 7) is 9.20. The van der Waals surface area contributed by atoms with Crippen LogP contribution in [-0.4, -0.2) is 23.0 Å². The molecule has 0 radical (unpaired) electrons. The van der Waals surface area contributed by atoms with Crippen LogP contribution in [0.1, 0.15) is 50.3 Å². The molecule has 0 saturated carbocycles. The van der Waals surface area contributed by atoms with Crippen LogP contribution in [0.3, 0.4) is 0 Å². The van der Waals surface area contributed by atoms with Gasteiger partial charge in [-0.2, -0.15) is 0 Å². The summed E-state index contributed by atoms with van der Waals surface area (Å²) in [4.78, 5) is 6.99. The van der Waals surface area contributed by atoms with E-state index in [-0.39, 0.29) is 0 Å². The fourth-order valence-corrected chi connectivity index (χ4v) is 2.82. The first kappa shape index (κ1) is 12.6. The third-order valence-corrected chi connectivity index (χ3v) is 3.49. The fraction of sp³-hybridized carbons (Fsp3) is 0.667. The van der Waals surface area contributed by atoms with Gasteiger partial charge < -0.3 is 0 Å². The van der Waals surface area contributed by atoms with Crippen LogP contribution >= 0.6 is 0 Å². The lowest BCUT2D eigenvalue weighted by molar-refractivity contribution is 0.132. The Morgan fingerprint density at radius 3 is 2.88 bits per heavy atom. The maximum absolute atomic E-state index is 4.35. The van der Waals surface area contributed by atoms with Crippen LogP contribution in [0.4, 0.5) is 0 Å². The third kappa shape index (κ3) is 3.29. The van der Waals surface area contributed by atoms with Gasteiger partial charge >= 0.3 is 0 Å². The molecule has 0 N–H and O–H groups in total. The Morgan fingerprint density at radius 1 is 1.35 bits per heavy atom. The highest BCUT2D eigenvalue weighted by Gasteiger charge is 2.24. The van der Waals surface area contributed by atoms with Gasteiger partial charge in [-0.15, -0.1) is 0 Å². The molecule has 1 fully saturated rings. The monoisotopic (exact) mass is 232 g/mol. The number of piperidine rings is 1. The SMILES string of the molecule is Cc1cncc(C2CCCCN2CC(C)C)c1. The second-order valence-corrected chi connectivity index (χ2v) is 5.70. The zero-order valence-electron chi connectivity index (χ0n) is 11.3. The molecule has 2 heterocycles. The van der Waals surface area contributed by atoms with Crippen molar-refractivity contribution < 1.29 is 0 Å². The number of pyridine rings is 1. The summed E-state index contributed by atoms with van der Waals surface area (Å²) in [7, 11) is 0. The summed E-state index contributed by atoms with van der Waals surface area (Å²) in [5.41, 5.74) is 2.68. The van der Waals surface area contributed by atoms with Crippen LogP contribution in [0.15, 0.2) is 18.5 Å². The molecule has 1 aliphatic rings. The molecule has 0 amide bonds. The van der Waals surface area contributed by atoms with Crippen molar-refractivity contribution >= 4 is 0 Å². The smallest absolute Gasteiger partial charge is 0.0363 e. The molecule has 1 saturated heterocycles. The number of hydrogen-bond acceptors (Lipinski definition) is 2. The molecule has 2 rings (SSSR count). The standard InChI is InChI=1S/C15H24N2/c1-12(2)11-17-7-5-4-6-15(17)14-8-13(3)9-16-10-14/h8-10,12,15H,4-7,11H2,1-3H3. The van der Waals surface area contributed by atoms with E-state index in [1.807, 2.05) is 6.20 Å². The lowest BCUT2D eigenvalue weighted by Gasteiger charge is -2.37. The van der Waals surface area contributed by atoms with Gasteiger partial charge in [0.1, 0.15) is 0 Å². The Hall–Kier alpha value is -0.890. The molecule has 1 aromatic rings. The van der Waals surface area contributed by atoms with Crippen molar-refractivity contribution in [1.82, 2.24) is 9.88 Å². The minimum absolute atomic E-state index is 0.596. The third-order valence-electron chi connectivity index (χ3n) is 3.49. The van der Waals surface area contributed by atoms with Gasteiger partial charge in [-0.25, -0.2) is 0 Å². The van der Waals surface area contributed by atoms with Gasteiger partial charge in [-0.3, -0.25) is 9.88 Å². The van der Waals surface area contributed by atoms with E-state index < -0.39 is 0 Å². The van der Waals surface area contributed by atoms with Crippen molar-refractivity contribution in [2.24, 2.45) is 5.92 Å².